The normalized spacial score (nSPS) is 12.0. The second-order valence-electron chi connectivity index (χ2n) is 5.08. The first-order chi connectivity index (χ1) is 10.1. The minimum absolute atomic E-state index is 0.237. The highest BCUT2D eigenvalue weighted by Crippen LogP contribution is 2.24. The number of carbonyl (C=O) groups excluding carboxylic acids is 1. The summed E-state index contributed by atoms with van der Waals surface area (Å²) in [5, 5.41) is 3.29. The van der Waals surface area contributed by atoms with Crippen molar-refractivity contribution in [3.63, 3.8) is 0 Å². The molecule has 0 fully saturated rings. The van der Waals surface area contributed by atoms with E-state index in [-0.39, 0.29) is 13.1 Å². The van der Waals surface area contributed by atoms with Gasteiger partial charge >= 0.3 is 0 Å². The lowest BCUT2D eigenvalue weighted by Crippen LogP contribution is -2.41. The number of anilines is 1. The van der Waals surface area contributed by atoms with Crippen LogP contribution in [0.3, 0.4) is 0 Å². The second kappa shape index (κ2) is 8.12. The third-order valence-corrected chi connectivity index (χ3v) is 4.78. The zero-order chi connectivity index (χ0) is 16.9. The molecule has 0 spiro atoms. The largest absolute Gasteiger partial charge is 0.325 e. The van der Waals surface area contributed by atoms with Gasteiger partial charge in [0.05, 0.1) is 22.8 Å². The maximum atomic E-state index is 12.0. The fourth-order valence-electron chi connectivity index (χ4n) is 1.61. The van der Waals surface area contributed by atoms with Crippen LogP contribution < -0.4 is 5.32 Å². The Bertz CT molecular complexity index is 635. The maximum Gasteiger partial charge on any atom is 0.239 e. The van der Waals surface area contributed by atoms with Crippen LogP contribution >= 0.6 is 23.2 Å². The van der Waals surface area contributed by atoms with Crippen molar-refractivity contribution in [1.29, 1.82) is 0 Å². The molecule has 1 amide bonds. The van der Waals surface area contributed by atoms with Crippen LogP contribution in [0.5, 0.6) is 0 Å². The van der Waals surface area contributed by atoms with Gasteiger partial charge in [-0.25, -0.2) is 8.42 Å². The molecule has 0 saturated heterocycles. The molecule has 0 bridgehead atoms. The molecule has 6 nitrogen and oxygen atoms in total. The van der Waals surface area contributed by atoms with Gasteiger partial charge in [-0.2, -0.15) is 4.31 Å². The number of carbonyl (C=O) groups is 1. The monoisotopic (exact) mass is 367 g/mol. The van der Waals surface area contributed by atoms with E-state index in [1.807, 2.05) is 19.0 Å². The molecule has 0 heterocycles. The van der Waals surface area contributed by atoms with E-state index in [2.05, 4.69) is 5.32 Å². The summed E-state index contributed by atoms with van der Waals surface area (Å²) < 4.78 is 24.6. The van der Waals surface area contributed by atoms with Gasteiger partial charge < -0.3 is 10.2 Å². The van der Waals surface area contributed by atoms with E-state index in [9.17, 15) is 13.2 Å². The predicted molar refractivity (Wildman–Crippen MR) is 90.1 cm³/mol. The molecule has 0 saturated carbocycles. The lowest BCUT2D eigenvalue weighted by molar-refractivity contribution is -0.116. The molecule has 0 unspecified atom stereocenters. The van der Waals surface area contributed by atoms with E-state index in [1.54, 1.807) is 12.1 Å². The molecule has 1 rings (SSSR count). The second-order valence-corrected chi connectivity index (χ2v) is 7.87. The minimum Gasteiger partial charge on any atom is -0.325 e. The van der Waals surface area contributed by atoms with E-state index < -0.39 is 15.9 Å². The molecule has 1 N–H and O–H groups in total. The molecule has 22 heavy (non-hydrogen) atoms. The third kappa shape index (κ3) is 6.50. The van der Waals surface area contributed by atoms with E-state index in [1.165, 1.54) is 6.07 Å². The zero-order valence-corrected chi connectivity index (χ0v) is 15.0. The number of amides is 1. The standard InChI is InChI=1S/C13H19Cl2N3O3S/c1-17(2)6-7-18(22(3,20)21)9-13(19)16-10-4-5-11(14)12(15)8-10/h4-5,8H,6-7,9H2,1-3H3,(H,16,19). The van der Waals surface area contributed by atoms with Crippen molar-refractivity contribution >= 4 is 44.8 Å². The lowest BCUT2D eigenvalue weighted by atomic mass is 10.3. The zero-order valence-electron chi connectivity index (χ0n) is 12.6. The number of halogens is 2. The van der Waals surface area contributed by atoms with Gasteiger partial charge in [-0.15, -0.1) is 0 Å². The van der Waals surface area contributed by atoms with Crippen LogP contribution in [0.2, 0.25) is 10.0 Å². The average Bonchev–Trinajstić information content (AvgIpc) is 2.37. The van der Waals surface area contributed by atoms with E-state index in [0.717, 1.165) is 10.6 Å². The topological polar surface area (TPSA) is 69.7 Å². The van der Waals surface area contributed by atoms with Crippen molar-refractivity contribution in [3.05, 3.63) is 28.2 Å². The van der Waals surface area contributed by atoms with Gasteiger partial charge in [0.1, 0.15) is 0 Å². The van der Waals surface area contributed by atoms with Crippen molar-refractivity contribution in [3.8, 4) is 0 Å². The summed E-state index contributed by atoms with van der Waals surface area (Å²) >= 11 is 11.7. The number of nitrogens with zero attached hydrogens (tertiary/aromatic N) is 2. The Labute approximate surface area is 141 Å². The number of benzene rings is 1. The summed E-state index contributed by atoms with van der Waals surface area (Å²) in [4.78, 5) is 13.8. The summed E-state index contributed by atoms with van der Waals surface area (Å²) in [7, 11) is 0.195. The molecule has 1 aromatic rings. The van der Waals surface area contributed by atoms with Gasteiger partial charge in [0, 0.05) is 18.8 Å². The number of likely N-dealkylation sites (N-methyl/N-ethyl adjacent to an activating group) is 1. The Hall–Kier alpha value is -0.860. The molecular weight excluding hydrogens is 349 g/mol. The van der Waals surface area contributed by atoms with Gasteiger partial charge in [-0.05, 0) is 32.3 Å². The maximum absolute atomic E-state index is 12.0. The summed E-state index contributed by atoms with van der Waals surface area (Å²) in [6, 6.07) is 4.66. The van der Waals surface area contributed by atoms with Crippen LogP contribution in [0, 0.1) is 0 Å². The first kappa shape index (κ1) is 19.2. The molecule has 0 aliphatic carbocycles. The highest BCUT2D eigenvalue weighted by molar-refractivity contribution is 7.88. The molecule has 0 radical (unpaired) electrons. The van der Waals surface area contributed by atoms with Crippen molar-refractivity contribution < 1.29 is 13.2 Å². The van der Waals surface area contributed by atoms with Gasteiger partial charge in [0.2, 0.25) is 15.9 Å². The van der Waals surface area contributed by atoms with Crippen molar-refractivity contribution in [2.75, 3.05) is 45.3 Å². The van der Waals surface area contributed by atoms with Crippen LogP contribution in [-0.4, -0.2) is 63.5 Å². The van der Waals surface area contributed by atoms with Gasteiger partial charge in [-0.1, -0.05) is 23.2 Å². The Morgan fingerprint density at radius 2 is 1.82 bits per heavy atom. The summed E-state index contributed by atoms with van der Waals surface area (Å²) in [6.45, 7) is 0.501. The van der Waals surface area contributed by atoms with Crippen molar-refractivity contribution in [1.82, 2.24) is 9.21 Å². The van der Waals surface area contributed by atoms with E-state index in [0.29, 0.717) is 22.3 Å². The Kier molecular flexibility index (Phi) is 7.08. The molecule has 9 heteroatoms. The number of nitrogens with one attached hydrogen (secondary N) is 1. The van der Waals surface area contributed by atoms with Crippen LogP contribution in [0.1, 0.15) is 0 Å². The lowest BCUT2D eigenvalue weighted by Gasteiger charge is -2.21. The number of sulfonamides is 1. The first-order valence-electron chi connectivity index (χ1n) is 6.44. The highest BCUT2D eigenvalue weighted by atomic mass is 35.5. The summed E-state index contributed by atoms with van der Waals surface area (Å²) in [5.74, 6) is -0.442. The summed E-state index contributed by atoms with van der Waals surface area (Å²) in [5.41, 5.74) is 0.459. The minimum atomic E-state index is -3.46. The number of rotatable bonds is 7. The fourth-order valence-corrected chi connectivity index (χ4v) is 2.67. The average molecular weight is 368 g/mol. The van der Waals surface area contributed by atoms with Crippen LogP contribution in [0.4, 0.5) is 5.69 Å². The third-order valence-electron chi connectivity index (χ3n) is 2.79. The van der Waals surface area contributed by atoms with Crippen LogP contribution in [0.15, 0.2) is 18.2 Å². The molecule has 0 aliphatic heterocycles. The van der Waals surface area contributed by atoms with Gasteiger partial charge in [0.15, 0.2) is 0 Å². The van der Waals surface area contributed by atoms with Gasteiger partial charge in [-0.3, -0.25) is 4.79 Å². The van der Waals surface area contributed by atoms with Crippen LogP contribution in [0.25, 0.3) is 0 Å². The predicted octanol–water partition coefficient (Wildman–Crippen LogP) is 1.76. The Balaban J connectivity index is 2.72. The number of hydrogen-bond donors (Lipinski definition) is 1. The van der Waals surface area contributed by atoms with Crippen molar-refractivity contribution in [2.45, 2.75) is 0 Å². The van der Waals surface area contributed by atoms with E-state index in [4.69, 9.17) is 23.2 Å². The fraction of sp³-hybridized carbons (Fsp3) is 0.462. The molecule has 0 aromatic heterocycles. The molecule has 0 atom stereocenters. The first-order valence-corrected chi connectivity index (χ1v) is 9.05. The Morgan fingerprint density at radius 1 is 1.18 bits per heavy atom. The smallest absolute Gasteiger partial charge is 0.239 e. The molecular formula is C13H19Cl2N3O3S. The van der Waals surface area contributed by atoms with Gasteiger partial charge in [0.25, 0.3) is 0 Å². The van der Waals surface area contributed by atoms with E-state index >= 15 is 0 Å². The Morgan fingerprint density at radius 3 is 2.32 bits per heavy atom. The highest BCUT2D eigenvalue weighted by Gasteiger charge is 2.20. The molecule has 1 aromatic carbocycles. The summed E-state index contributed by atoms with van der Waals surface area (Å²) in [6.07, 6.45) is 1.08. The SMILES string of the molecule is CN(C)CCN(CC(=O)Nc1ccc(Cl)c(Cl)c1)S(C)(=O)=O. The van der Waals surface area contributed by atoms with Crippen molar-refractivity contribution in [2.24, 2.45) is 0 Å². The van der Waals surface area contributed by atoms with Crippen LogP contribution in [-0.2, 0) is 14.8 Å². The molecule has 0 aliphatic rings. The molecule has 124 valence electrons. The number of hydrogen-bond acceptors (Lipinski definition) is 4. The quantitative estimate of drug-likeness (QED) is 0.796.